The number of carbonyl (C=O) groups excluding carboxylic acids is 1. The number of carbonyl (C=O) groups is 1. The van der Waals surface area contributed by atoms with Crippen LogP contribution in [-0.4, -0.2) is 24.0 Å². The van der Waals surface area contributed by atoms with Crippen molar-refractivity contribution < 1.29 is 4.79 Å². The Hall–Kier alpha value is -1.30. The van der Waals surface area contributed by atoms with Crippen LogP contribution < -0.4 is 16.4 Å². The largest absolute Gasteiger partial charge is 0.397 e. The summed E-state index contributed by atoms with van der Waals surface area (Å²) in [6.07, 6.45) is 1.57. The molecule has 5 nitrogen and oxygen atoms in total. The third-order valence-corrected chi connectivity index (χ3v) is 3.06. The number of nitrogen functional groups attached to an aromatic ring is 1. The molecule has 4 N–H and O–H groups in total. The van der Waals surface area contributed by atoms with E-state index in [1.165, 1.54) is 0 Å². The highest BCUT2D eigenvalue weighted by Gasteiger charge is 2.08. The zero-order valence-electron chi connectivity index (χ0n) is 9.30. The number of anilines is 2. The molecule has 0 aromatic carbocycles. The number of nitrogens with zero attached hydrogens (tertiary/aromatic N) is 1. The van der Waals surface area contributed by atoms with Gasteiger partial charge in [-0.1, -0.05) is 0 Å². The van der Waals surface area contributed by atoms with Crippen molar-refractivity contribution in [2.75, 3.05) is 24.1 Å². The fourth-order valence-corrected chi connectivity index (χ4v) is 1.61. The van der Waals surface area contributed by atoms with Crippen molar-refractivity contribution in [3.8, 4) is 0 Å². The molecule has 1 heterocycles. The van der Waals surface area contributed by atoms with Gasteiger partial charge in [0.15, 0.2) is 0 Å². The monoisotopic (exact) mass is 286 g/mol. The SMILES string of the molecule is CCNC(=O)CNc1ncc(N)c(C)c1Br. The Morgan fingerprint density at radius 3 is 2.94 bits per heavy atom. The summed E-state index contributed by atoms with van der Waals surface area (Å²) < 4.78 is 0.789. The number of pyridine rings is 1. The van der Waals surface area contributed by atoms with E-state index in [1.807, 2.05) is 13.8 Å². The molecule has 0 atom stereocenters. The summed E-state index contributed by atoms with van der Waals surface area (Å²) in [6, 6.07) is 0. The van der Waals surface area contributed by atoms with Crippen LogP contribution in [0.15, 0.2) is 10.7 Å². The Morgan fingerprint density at radius 2 is 2.31 bits per heavy atom. The maximum absolute atomic E-state index is 11.2. The molecule has 0 radical (unpaired) electrons. The average molecular weight is 287 g/mol. The van der Waals surface area contributed by atoms with E-state index in [0.29, 0.717) is 18.1 Å². The molecular weight excluding hydrogens is 272 g/mol. The van der Waals surface area contributed by atoms with Crippen LogP contribution in [0, 0.1) is 6.92 Å². The maximum Gasteiger partial charge on any atom is 0.239 e. The number of nitrogens with one attached hydrogen (secondary N) is 2. The van der Waals surface area contributed by atoms with Crippen molar-refractivity contribution in [2.24, 2.45) is 0 Å². The summed E-state index contributed by atoms with van der Waals surface area (Å²) >= 11 is 3.38. The number of rotatable bonds is 4. The number of aromatic nitrogens is 1. The molecule has 1 amide bonds. The van der Waals surface area contributed by atoms with Crippen LogP contribution in [-0.2, 0) is 4.79 Å². The third kappa shape index (κ3) is 3.10. The second kappa shape index (κ2) is 5.69. The van der Waals surface area contributed by atoms with Crippen molar-refractivity contribution in [3.63, 3.8) is 0 Å². The number of likely N-dealkylation sites (N-methyl/N-ethyl adjacent to an activating group) is 1. The van der Waals surface area contributed by atoms with E-state index in [1.54, 1.807) is 6.20 Å². The van der Waals surface area contributed by atoms with Gasteiger partial charge in [0.1, 0.15) is 5.82 Å². The van der Waals surface area contributed by atoms with E-state index in [2.05, 4.69) is 31.5 Å². The lowest BCUT2D eigenvalue weighted by Gasteiger charge is -2.10. The number of halogens is 1. The van der Waals surface area contributed by atoms with Gasteiger partial charge in [-0.05, 0) is 35.3 Å². The Morgan fingerprint density at radius 1 is 1.62 bits per heavy atom. The van der Waals surface area contributed by atoms with E-state index in [-0.39, 0.29) is 12.5 Å². The average Bonchev–Trinajstić information content (AvgIpc) is 2.25. The highest BCUT2D eigenvalue weighted by molar-refractivity contribution is 9.10. The minimum Gasteiger partial charge on any atom is -0.397 e. The zero-order valence-corrected chi connectivity index (χ0v) is 10.9. The van der Waals surface area contributed by atoms with E-state index >= 15 is 0 Å². The van der Waals surface area contributed by atoms with Crippen molar-refractivity contribution >= 4 is 33.3 Å². The van der Waals surface area contributed by atoms with Crippen molar-refractivity contribution in [3.05, 3.63) is 16.2 Å². The summed E-state index contributed by atoms with van der Waals surface area (Å²) in [4.78, 5) is 15.3. The minimum atomic E-state index is -0.0642. The lowest BCUT2D eigenvalue weighted by atomic mass is 10.2. The summed E-state index contributed by atoms with van der Waals surface area (Å²) in [7, 11) is 0. The summed E-state index contributed by atoms with van der Waals surface area (Å²) in [5.41, 5.74) is 7.22. The van der Waals surface area contributed by atoms with Crippen LogP contribution in [0.4, 0.5) is 11.5 Å². The molecule has 1 rings (SSSR count). The second-order valence-electron chi connectivity index (χ2n) is 3.31. The fourth-order valence-electron chi connectivity index (χ4n) is 1.14. The first-order valence-electron chi connectivity index (χ1n) is 4.97. The summed E-state index contributed by atoms with van der Waals surface area (Å²) in [6.45, 7) is 4.58. The Kier molecular flexibility index (Phi) is 4.54. The lowest BCUT2D eigenvalue weighted by molar-refractivity contribution is -0.119. The van der Waals surface area contributed by atoms with Gasteiger partial charge in [0, 0.05) is 6.54 Å². The molecule has 0 aliphatic carbocycles. The van der Waals surface area contributed by atoms with Crippen molar-refractivity contribution in [1.29, 1.82) is 0 Å². The molecule has 1 aromatic heterocycles. The fraction of sp³-hybridized carbons (Fsp3) is 0.400. The first-order chi connectivity index (χ1) is 7.56. The summed E-state index contributed by atoms with van der Waals surface area (Å²) in [5.74, 6) is 0.559. The van der Waals surface area contributed by atoms with Gasteiger partial charge in [0.25, 0.3) is 0 Å². The normalized spacial score (nSPS) is 9.94. The van der Waals surface area contributed by atoms with Gasteiger partial charge in [-0.25, -0.2) is 4.98 Å². The highest BCUT2D eigenvalue weighted by atomic mass is 79.9. The van der Waals surface area contributed by atoms with Crippen LogP contribution in [0.5, 0.6) is 0 Å². The van der Waals surface area contributed by atoms with Gasteiger partial charge in [-0.3, -0.25) is 4.79 Å². The minimum absolute atomic E-state index is 0.0642. The van der Waals surface area contributed by atoms with Gasteiger partial charge in [0.05, 0.1) is 22.9 Å². The molecule has 88 valence electrons. The number of nitrogens with two attached hydrogens (primary N) is 1. The Balaban J connectivity index is 2.68. The maximum atomic E-state index is 11.2. The number of hydrogen-bond acceptors (Lipinski definition) is 4. The molecule has 0 aliphatic rings. The number of amides is 1. The van der Waals surface area contributed by atoms with Crippen LogP contribution in [0.25, 0.3) is 0 Å². The topological polar surface area (TPSA) is 80.0 Å². The Labute approximate surface area is 103 Å². The van der Waals surface area contributed by atoms with Crippen molar-refractivity contribution in [1.82, 2.24) is 10.3 Å². The molecule has 0 fully saturated rings. The Bertz CT molecular complexity index is 395. The molecular formula is C10H15BrN4O. The van der Waals surface area contributed by atoms with Gasteiger partial charge in [0.2, 0.25) is 5.91 Å². The van der Waals surface area contributed by atoms with Gasteiger partial charge < -0.3 is 16.4 Å². The molecule has 0 spiro atoms. The van der Waals surface area contributed by atoms with Gasteiger partial charge in [-0.2, -0.15) is 0 Å². The smallest absolute Gasteiger partial charge is 0.239 e. The lowest BCUT2D eigenvalue weighted by Crippen LogP contribution is -2.29. The highest BCUT2D eigenvalue weighted by Crippen LogP contribution is 2.27. The van der Waals surface area contributed by atoms with Gasteiger partial charge in [-0.15, -0.1) is 0 Å². The molecule has 1 aromatic rings. The van der Waals surface area contributed by atoms with Gasteiger partial charge >= 0.3 is 0 Å². The summed E-state index contributed by atoms with van der Waals surface area (Å²) in [5, 5.41) is 5.63. The van der Waals surface area contributed by atoms with Crippen molar-refractivity contribution in [2.45, 2.75) is 13.8 Å². The van der Waals surface area contributed by atoms with E-state index < -0.39 is 0 Å². The molecule has 0 saturated heterocycles. The molecule has 0 aliphatic heterocycles. The molecule has 0 unspecified atom stereocenters. The molecule has 0 bridgehead atoms. The quantitative estimate of drug-likeness (QED) is 0.779. The first kappa shape index (κ1) is 12.8. The molecule has 16 heavy (non-hydrogen) atoms. The van der Waals surface area contributed by atoms with E-state index in [9.17, 15) is 4.79 Å². The van der Waals surface area contributed by atoms with Crippen LogP contribution >= 0.6 is 15.9 Å². The van der Waals surface area contributed by atoms with Crippen LogP contribution in [0.3, 0.4) is 0 Å². The standard InChI is InChI=1S/C10H15BrN4O/c1-3-13-8(16)5-15-10-9(11)6(2)7(12)4-14-10/h4H,3,5,12H2,1-2H3,(H,13,16)(H,14,15). The second-order valence-corrected chi connectivity index (χ2v) is 4.10. The predicted molar refractivity (Wildman–Crippen MR) is 68.3 cm³/mol. The first-order valence-corrected chi connectivity index (χ1v) is 5.76. The van der Waals surface area contributed by atoms with E-state index in [4.69, 9.17) is 5.73 Å². The third-order valence-electron chi connectivity index (χ3n) is 2.09. The zero-order chi connectivity index (χ0) is 12.1. The predicted octanol–water partition coefficient (Wildman–Crippen LogP) is 1.28. The molecule has 0 saturated carbocycles. The van der Waals surface area contributed by atoms with Crippen LogP contribution in [0.2, 0.25) is 0 Å². The van der Waals surface area contributed by atoms with Crippen LogP contribution in [0.1, 0.15) is 12.5 Å². The van der Waals surface area contributed by atoms with E-state index in [0.717, 1.165) is 10.0 Å². The molecule has 6 heteroatoms. The number of hydrogen-bond donors (Lipinski definition) is 3.